The lowest BCUT2D eigenvalue weighted by atomic mass is 10.1. The molecule has 0 spiro atoms. The molecule has 0 aliphatic carbocycles. The third-order valence-electron chi connectivity index (χ3n) is 3.24. The van der Waals surface area contributed by atoms with Crippen molar-refractivity contribution in [1.29, 1.82) is 0 Å². The number of aliphatic hydroxyl groups excluding tert-OH is 1. The number of aryl methyl sites for hydroxylation is 1. The van der Waals surface area contributed by atoms with Gasteiger partial charge in [0.2, 0.25) is 0 Å². The van der Waals surface area contributed by atoms with Crippen molar-refractivity contribution in [3.8, 4) is 0 Å². The zero-order chi connectivity index (χ0) is 14.6. The maximum atomic E-state index is 9.80. The average molecular weight is 279 g/mol. The SMILES string of the molecule is CCCCCCOCC(O)CNCc1cccc(C)c1. The van der Waals surface area contributed by atoms with Crippen LogP contribution in [0.15, 0.2) is 24.3 Å². The molecule has 1 aromatic rings. The van der Waals surface area contributed by atoms with E-state index in [9.17, 15) is 5.11 Å². The maximum Gasteiger partial charge on any atom is 0.0897 e. The Labute approximate surface area is 123 Å². The van der Waals surface area contributed by atoms with Crippen LogP contribution in [0, 0.1) is 6.92 Å². The van der Waals surface area contributed by atoms with Gasteiger partial charge in [-0.3, -0.25) is 0 Å². The Hall–Kier alpha value is -0.900. The van der Waals surface area contributed by atoms with Crippen molar-refractivity contribution in [2.75, 3.05) is 19.8 Å². The van der Waals surface area contributed by atoms with Gasteiger partial charge in [-0.25, -0.2) is 0 Å². The summed E-state index contributed by atoms with van der Waals surface area (Å²) in [6, 6.07) is 8.40. The lowest BCUT2D eigenvalue weighted by Crippen LogP contribution is -2.30. The summed E-state index contributed by atoms with van der Waals surface area (Å²) in [4.78, 5) is 0. The van der Waals surface area contributed by atoms with Gasteiger partial charge in [-0.05, 0) is 18.9 Å². The summed E-state index contributed by atoms with van der Waals surface area (Å²) in [5.74, 6) is 0. The molecule has 1 unspecified atom stereocenters. The van der Waals surface area contributed by atoms with Gasteiger partial charge < -0.3 is 15.2 Å². The molecule has 0 saturated carbocycles. The summed E-state index contributed by atoms with van der Waals surface area (Å²) in [7, 11) is 0. The fourth-order valence-corrected chi connectivity index (χ4v) is 2.11. The number of nitrogens with one attached hydrogen (secondary N) is 1. The summed E-state index contributed by atoms with van der Waals surface area (Å²) in [5, 5.41) is 13.1. The quantitative estimate of drug-likeness (QED) is 0.612. The third-order valence-corrected chi connectivity index (χ3v) is 3.24. The Morgan fingerprint density at radius 2 is 2.10 bits per heavy atom. The molecule has 0 aromatic heterocycles. The number of hydrogen-bond acceptors (Lipinski definition) is 3. The molecular formula is C17H29NO2. The highest BCUT2D eigenvalue weighted by atomic mass is 16.5. The molecule has 1 aromatic carbocycles. The minimum atomic E-state index is -0.425. The van der Waals surface area contributed by atoms with Crippen molar-refractivity contribution in [2.24, 2.45) is 0 Å². The summed E-state index contributed by atoms with van der Waals surface area (Å²) < 4.78 is 5.47. The van der Waals surface area contributed by atoms with Gasteiger partial charge in [-0.1, -0.05) is 56.0 Å². The Balaban J connectivity index is 2.01. The second kappa shape index (κ2) is 10.8. The zero-order valence-electron chi connectivity index (χ0n) is 12.9. The molecule has 0 bridgehead atoms. The third kappa shape index (κ3) is 8.31. The second-order valence-electron chi connectivity index (χ2n) is 5.41. The number of ether oxygens (including phenoxy) is 1. The van der Waals surface area contributed by atoms with E-state index in [1.165, 1.54) is 30.4 Å². The van der Waals surface area contributed by atoms with Crippen molar-refractivity contribution in [3.05, 3.63) is 35.4 Å². The van der Waals surface area contributed by atoms with Crippen molar-refractivity contribution in [1.82, 2.24) is 5.32 Å². The van der Waals surface area contributed by atoms with Gasteiger partial charge in [0.1, 0.15) is 0 Å². The molecule has 1 atom stereocenters. The standard InChI is InChI=1S/C17H29NO2/c1-3-4-5-6-10-20-14-17(19)13-18-12-16-9-7-8-15(2)11-16/h7-9,11,17-19H,3-6,10,12-14H2,1-2H3. The van der Waals surface area contributed by atoms with E-state index < -0.39 is 6.10 Å². The van der Waals surface area contributed by atoms with E-state index in [0.29, 0.717) is 13.2 Å². The molecule has 0 amide bonds. The lowest BCUT2D eigenvalue weighted by Gasteiger charge is -2.12. The van der Waals surface area contributed by atoms with Crippen LogP contribution in [0.2, 0.25) is 0 Å². The zero-order valence-corrected chi connectivity index (χ0v) is 12.9. The van der Waals surface area contributed by atoms with Gasteiger partial charge in [0, 0.05) is 19.7 Å². The molecule has 114 valence electrons. The largest absolute Gasteiger partial charge is 0.389 e. The van der Waals surface area contributed by atoms with Gasteiger partial charge in [-0.2, -0.15) is 0 Å². The topological polar surface area (TPSA) is 41.5 Å². The van der Waals surface area contributed by atoms with Gasteiger partial charge in [0.25, 0.3) is 0 Å². The van der Waals surface area contributed by atoms with Gasteiger partial charge >= 0.3 is 0 Å². The molecule has 0 saturated heterocycles. The highest BCUT2D eigenvalue weighted by Gasteiger charge is 2.03. The van der Waals surface area contributed by atoms with Crippen LogP contribution in [0.1, 0.15) is 43.7 Å². The number of benzene rings is 1. The summed E-state index contributed by atoms with van der Waals surface area (Å²) in [6.07, 6.45) is 4.40. The molecule has 0 aliphatic heterocycles. The van der Waals surface area contributed by atoms with E-state index in [2.05, 4.69) is 43.4 Å². The summed E-state index contributed by atoms with van der Waals surface area (Å²) >= 11 is 0. The smallest absolute Gasteiger partial charge is 0.0897 e. The first-order chi connectivity index (χ1) is 9.72. The highest BCUT2D eigenvalue weighted by Crippen LogP contribution is 2.03. The van der Waals surface area contributed by atoms with Crippen molar-refractivity contribution in [2.45, 2.75) is 52.2 Å². The van der Waals surface area contributed by atoms with Crippen molar-refractivity contribution in [3.63, 3.8) is 0 Å². The molecule has 0 radical (unpaired) electrons. The van der Waals surface area contributed by atoms with Gasteiger partial charge in [-0.15, -0.1) is 0 Å². The number of unbranched alkanes of at least 4 members (excludes halogenated alkanes) is 3. The Morgan fingerprint density at radius 1 is 1.25 bits per heavy atom. The normalized spacial score (nSPS) is 12.6. The fourth-order valence-electron chi connectivity index (χ4n) is 2.11. The van der Waals surface area contributed by atoms with Crippen molar-refractivity contribution < 1.29 is 9.84 Å². The molecule has 0 heterocycles. The number of aliphatic hydroxyl groups is 1. The number of rotatable bonds is 11. The predicted octanol–water partition coefficient (Wildman–Crippen LogP) is 3.04. The molecule has 20 heavy (non-hydrogen) atoms. The van der Waals surface area contributed by atoms with Gasteiger partial charge in [0.15, 0.2) is 0 Å². The van der Waals surface area contributed by atoms with Crippen LogP contribution in [-0.4, -0.2) is 31.0 Å². The van der Waals surface area contributed by atoms with E-state index in [1.54, 1.807) is 0 Å². The van der Waals surface area contributed by atoms with E-state index in [4.69, 9.17) is 4.74 Å². The van der Waals surface area contributed by atoms with Gasteiger partial charge in [0.05, 0.1) is 12.7 Å². The fraction of sp³-hybridized carbons (Fsp3) is 0.647. The molecule has 0 fully saturated rings. The van der Waals surface area contributed by atoms with Crippen LogP contribution >= 0.6 is 0 Å². The Morgan fingerprint density at radius 3 is 2.85 bits per heavy atom. The predicted molar refractivity (Wildman–Crippen MR) is 83.9 cm³/mol. The minimum Gasteiger partial charge on any atom is -0.389 e. The second-order valence-corrected chi connectivity index (χ2v) is 5.41. The first kappa shape index (κ1) is 17.2. The summed E-state index contributed by atoms with van der Waals surface area (Å²) in [5.41, 5.74) is 2.51. The van der Waals surface area contributed by atoms with Crippen LogP contribution in [0.25, 0.3) is 0 Å². The summed E-state index contributed by atoms with van der Waals surface area (Å²) in [6.45, 7) is 6.83. The molecular weight excluding hydrogens is 250 g/mol. The van der Waals surface area contributed by atoms with Crippen LogP contribution in [0.3, 0.4) is 0 Å². The monoisotopic (exact) mass is 279 g/mol. The first-order valence-corrected chi connectivity index (χ1v) is 7.74. The molecule has 3 heteroatoms. The molecule has 0 aliphatic rings. The molecule has 1 rings (SSSR count). The van der Waals surface area contributed by atoms with Crippen LogP contribution in [0.4, 0.5) is 0 Å². The first-order valence-electron chi connectivity index (χ1n) is 7.74. The average Bonchev–Trinajstić information content (AvgIpc) is 2.43. The molecule has 3 nitrogen and oxygen atoms in total. The van der Waals surface area contributed by atoms with Crippen LogP contribution < -0.4 is 5.32 Å². The van der Waals surface area contributed by atoms with Crippen LogP contribution in [0.5, 0.6) is 0 Å². The van der Waals surface area contributed by atoms with E-state index in [1.807, 2.05) is 0 Å². The van der Waals surface area contributed by atoms with E-state index in [0.717, 1.165) is 19.6 Å². The minimum absolute atomic E-state index is 0.424. The highest BCUT2D eigenvalue weighted by molar-refractivity contribution is 5.21. The van der Waals surface area contributed by atoms with E-state index >= 15 is 0 Å². The Bertz CT molecular complexity index is 355. The number of hydrogen-bond donors (Lipinski definition) is 2. The molecule has 2 N–H and O–H groups in total. The van der Waals surface area contributed by atoms with E-state index in [-0.39, 0.29) is 0 Å². The maximum absolute atomic E-state index is 9.80. The van der Waals surface area contributed by atoms with Crippen molar-refractivity contribution >= 4 is 0 Å². The lowest BCUT2D eigenvalue weighted by molar-refractivity contribution is 0.0353. The van der Waals surface area contributed by atoms with Crippen LogP contribution in [-0.2, 0) is 11.3 Å². The Kier molecular flexibility index (Phi) is 9.29.